The lowest BCUT2D eigenvalue weighted by Gasteiger charge is -2.10. The van der Waals surface area contributed by atoms with Gasteiger partial charge in [-0.1, -0.05) is 29.8 Å². The second-order valence-electron chi connectivity index (χ2n) is 5.80. The van der Waals surface area contributed by atoms with E-state index in [1.54, 1.807) is 18.3 Å². The van der Waals surface area contributed by atoms with Gasteiger partial charge in [0.1, 0.15) is 5.75 Å². The van der Waals surface area contributed by atoms with E-state index in [0.717, 1.165) is 5.69 Å². The summed E-state index contributed by atoms with van der Waals surface area (Å²) in [5.74, 6) is -0.682. The number of nitrogens with zero attached hydrogens (tertiary/aromatic N) is 2. The van der Waals surface area contributed by atoms with Gasteiger partial charge in [0.25, 0.3) is 5.91 Å². The van der Waals surface area contributed by atoms with E-state index < -0.39 is 18.5 Å². The molecule has 0 saturated heterocycles. The Morgan fingerprint density at radius 2 is 1.79 bits per heavy atom. The summed E-state index contributed by atoms with van der Waals surface area (Å²) in [6.45, 7) is -0.518. The van der Waals surface area contributed by atoms with Gasteiger partial charge >= 0.3 is 5.97 Å². The largest absolute Gasteiger partial charge is 0.495 e. The van der Waals surface area contributed by atoms with Crippen molar-refractivity contribution in [3.63, 3.8) is 0 Å². The molecule has 0 aliphatic rings. The van der Waals surface area contributed by atoms with Gasteiger partial charge in [-0.15, -0.1) is 0 Å². The minimum Gasteiger partial charge on any atom is -0.495 e. The Hall–Kier alpha value is -3.52. The smallest absolute Gasteiger partial charge is 0.363 e. The molecule has 0 unspecified atom stereocenters. The first-order valence-electron chi connectivity index (χ1n) is 8.51. The van der Waals surface area contributed by atoms with E-state index in [4.69, 9.17) is 25.8 Å². The van der Waals surface area contributed by atoms with Gasteiger partial charge in [-0.3, -0.25) is 4.79 Å². The third kappa shape index (κ3) is 4.85. The zero-order valence-corrected chi connectivity index (χ0v) is 16.5. The molecule has 0 spiro atoms. The molecule has 0 radical (unpaired) electrons. The van der Waals surface area contributed by atoms with Crippen molar-refractivity contribution < 1.29 is 23.8 Å². The average molecular weight is 416 g/mol. The van der Waals surface area contributed by atoms with Gasteiger partial charge in [0, 0.05) is 5.02 Å². The lowest BCUT2D eigenvalue weighted by molar-refractivity contribution is -0.119. The molecule has 0 aliphatic carbocycles. The third-order valence-corrected chi connectivity index (χ3v) is 4.12. The highest BCUT2D eigenvalue weighted by atomic mass is 35.5. The van der Waals surface area contributed by atoms with E-state index >= 15 is 0 Å². The Morgan fingerprint density at radius 1 is 1.07 bits per heavy atom. The second-order valence-corrected chi connectivity index (χ2v) is 6.23. The molecule has 0 fully saturated rings. The van der Waals surface area contributed by atoms with Gasteiger partial charge in [-0.05, 0) is 30.3 Å². The van der Waals surface area contributed by atoms with Crippen molar-refractivity contribution >= 4 is 29.2 Å². The van der Waals surface area contributed by atoms with E-state index in [2.05, 4.69) is 10.4 Å². The lowest BCUT2D eigenvalue weighted by atomic mass is 10.3. The van der Waals surface area contributed by atoms with Gasteiger partial charge in [-0.2, -0.15) is 5.10 Å². The highest BCUT2D eigenvalue weighted by molar-refractivity contribution is 6.31. The van der Waals surface area contributed by atoms with Crippen LogP contribution in [0.3, 0.4) is 0 Å². The average Bonchev–Trinajstić information content (AvgIpc) is 3.17. The van der Waals surface area contributed by atoms with Crippen LogP contribution < -0.4 is 14.8 Å². The summed E-state index contributed by atoms with van der Waals surface area (Å²) >= 11 is 5.93. The van der Waals surface area contributed by atoms with Gasteiger partial charge in [0.2, 0.25) is 5.69 Å². The number of carbonyl (C=O) groups excluding carboxylic acids is 2. The fourth-order valence-electron chi connectivity index (χ4n) is 2.53. The monoisotopic (exact) mass is 415 g/mol. The molecule has 0 bridgehead atoms. The Balaban J connectivity index is 1.67. The number of benzene rings is 2. The van der Waals surface area contributed by atoms with Gasteiger partial charge in [0.05, 0.1) is 31.8 Å². The number of para-hydroxylation sites is 1. The van der Waals surface area contributed by atoms with E-state index in [1.807, 2.05) is 30.3 Å². The third-order valence-electron chi connectivity index (χ3n) is 3.88. The first-order valence-corrected chi connectivity index (χ1v) is 8.89. The maximum absolute atomic E-state index is 12.4. The van der Waals surface area contributed by atoms with Crippen LogP contribution in [0, 0.1) is 0 Å². The highest BCUT2D eigenvalue weighted by Crippen LogP contribution is 2.27. The second kappa shape index (κ2) is 9.11. The molecule has 1 heterocycles. The van der Waals surface area contributed by atoms with E-state index in [9.17, 15) is 9.59 Å². The molecule has 3 rings (SSSR count). The van der Waals surface area contributed by atoms with Crippen LogP contribution in [0.4, 0.5) is 5.69 Å². The number of methoxy groups -OCH3 is 2. The van der Waals surface area contributed by atoms with Gasteiger partial charge in [-0.25, -0.2) is 9.48 Å². The number of esters is 1. The molecule has 0 saturated carbocycles. The number of aromatic nitrogens is 2. The Labute approximate surface area is 171 Å². The number of hydrogen-bond donors (Lipinski definition) is 1. The zero-order valence-electron chi connectivity index (χ0n) is 15.7. The molecule has 1 N–H and O–H groups in total. The number of carbonyl (C=O) groups is 2. The summed E-state index contributed by atoms with van der Waals surface area (Å²) in [6, 6.07) is 14.0. The molecule has 3 aromatic rings. The summed E-state index contributed by atoms with van der Waals surface area (Å²) in [4.78, 5) is 24.6. The van der Waals surface area contributed by atoms with Crippen molar-refractivity contribution in [2.75, 3.05) is 26.1 Å². The van der Waals surface area contributed by atoms with Crippen LogP contribution in [-0.2, 0) is 9.53 Å². The van der Waals surface area contributed by atoms with Crippen LogP contribution in [0.5, 0.6) is 11.5 Å². The van der Waals surface area contributed by atoms with Gasteiger partial charge < -0.3 is 19.5 Å². The predicted molar refractivity (Wildman–Crippen MR) is 107 cm³/mol. The Kier molecular flexibility index (Phi) is 6.36. The number of anilines is 1. The van der Waals surface area contributed by atoms with Crippen LogP contribution >= 0.6 is 11.6 Å². The minimum atomic E-state index is -0.787. The summed E-state index contributed by atoms with van der Waals surface area (Å²) in [6.07, 6.45) is 1.56. The molecule has 1 amide bonds. The summed E-state index contributed by atoms with van der Waals surface area (Å²) < 4.78 is 16.9. The predicted octanol–water partition coefficient (Wildman–Crippen LogP) is 3.34. The SMILES string of the molecule is COc1ccc(Cl)cc1NC(=O)COC(=O)c1nn(-c2ccccc2)cc1OC. The maximum Gasteiger partial charge on any atom is 0.363 e. The fraction of sp³-hybridized carbons (Fsp3) is 0.150. The zero-order chi connectivity index (χ0) is 20.8. The Morgan fingerprint density at radius 3 is 2.48 bits per heavy atom. The number of rotatable bonds is 7. The molecule has 9 heteroatoms. The normalized spacial score (nSPS) is 10.3. The lowest BCUT2D eigenvalue weighted by Crippen LogP contribution is -2.21. The van der Waals surface area contributed by atoms with Crippen LogP contribution in [0.15, 0.2) is 54.7 Å². The number of hydrogen-bond acceptors (Lipinski definition) is 6. The number of nitrogens with one attached hydrogen (secondary N) is 1. The molecular formula is C20H18ClN3O5. The molecule has 8 nitrogen and oxygen atoms in total. The number of amides is 1. The van der Waals surface area contributed by atoms with Crippen molar-refractivity contribution in [2.45, 2.75) is 0 Å². The standard InChI is InChI=1S/C20H18ClN3O5/c1-27-16-9-8-13(21)10-15(16)22-18(25)12-29-20(26)19-17(28-2)11-24(23-19)14-6-4-3-5-7-14/h3-11H,12H2,1-2H3,(H,22,25). The molecule has 1 aromatic heterocycles. The first kappa shape index (κ1) is 20.2. The summed E-state index contributed by atoms with van der Waals surface area (Å²) in [5.41, 5.74) is 1.08. The first-order chi connectivity index (χ1) is 14.0. The molecule has 0 atom stereocenters. The van der Waals surface area contributed by atoms with Crippen molar-refractivity contribution in [3.8, 4) is 17.2 Å². The summed E-state index contributed by atoms with van der Waals surface area (Å²) in [5, 5.41) is 7.21. The summed E-state index contributed by atoms with van der Waals surface area (Å²) in [7, 11) is 2.88. The van der Waals surface area contributed by atoms with E-state index in [1.165, 1.54) is 25.0 Å². The topological polar surface area (TPSA) is 91.7 Å². The Bertz CT molecular complexity index is 1020. The number of ether oxygens (including phenoxy) is 3. The number of halogens is 1. The van der Waals surface area contributed by atoms with Crippen LogP contribution in [0.2, 0.25) is 5.02 Å². The van der Waals surface area contributed by atoms with Gasteiger partial charge in [0.15, 0.2) is 12.4 Å². The van der Waals surface area contributed by atoms with Crippen molar-refractivity contribution in [1.82, 2.24) is 9.78 Å². The molecule has 29 heavy (non-hydrogen) atoms. The van der Waals surface area contributed by atoms with Crippen molar-refractivity contribution in [3.05, 3.63) is 65.4 Å². The fourth-order valence-corrected chi connectivity index (χ4v) is 2.70. The van der Waals surface area contributed by atoms with E-state index in [-0.39, 0.29) is 11.4 Å². The molecule has 2 aromatic carbocycles. The van der Waals surface area contributed by atoms with Crippen LogP contribution in [-0.4, -0.2) is 42.5 Å². The molecular weight excluding hydrogens is 398 g/mol. The van der Waals surface area contributed by atoms with Crippen LogP contribution in [0.25, 0.3) is 5.69 Å². The van der Waals surface area contributed by atoms with Crippen molar-refractivity contribution in [2.24, 2.45) is 0 Å². The van der Waals surface area contributed by atoms with Crippen LogP contribution in [0.1, 0.15) is 10.5 Å². The molecule has 150 valence electrons. The highest BCUT2D eigenvalue weighted by Gasteiger charge is 2.21. The maximum atomic E-state index is 12.4. The van der Waals surface area contributed by atoms with Crippen molar-refractivity contribution in [1.29, 1.82) is 0 Å². The molecule has 0 aliphatic heterocycles. The van der Waals surface area contributed by atoms with E-state index in [0.29, 0.717) is 16.5 Å². The minimum absolute atomic E-state index is 0.0375. The quantitative estimate of drug-likeness (QED) is 0.595.